The van der Waals surface area contributed by atoms with Gasteiger partial charge in [-0.15, -0.1) is 0 Å². The highest BCUT2D eigenvalue weighted by molar-refractivity contribution is 5.21. The zero-order valence-electron chi connectivity index (χ0n) is 6.59. The monoisotopic (exact) mass is 140 g/mol. The van der Waals surface area contributed by atoms with Crippen LogP contribution in [-0.2, 0) is 6.54 Å². The van der Waals surface area contributed by atoms with Crippen LogP contribution in [0.5, 0.6) is 5.88 Å². The number of hydrogen-bond donors (Lipinski definition) is 0. The van der Waals surface area contributed by atoms with E-state index in [0.717, 1.165) is 18.0 Å². The Bertz CT molecular complexity index is 217. The van der Waals surface area contributed by atoms with Crippen LogP contribution in [0.3, 0.4) is 0 Å². The number of aryl methyl sites for hydroxylation is 2. The van der Waals surface area contributed by atoms with Gasteiger partial charge in [0.05, 0.1) is 13.3 Å². The van der Waals surface area contributed by atoms with Gasteiger partial charge >= 0.3 is 0 Å². The summed E-state index contributed by atoms with van der Waals surface area (Å²) in [5.41, 5.74) is 1.09. The van der Waals surface area contributed by atoms with E-state index in [1.807, 2.05) is 24.7 Å². The molecule has 10 heavy (non-hydrogen) atoms. The molecule has 0 amide bonds. The predicted octanol–water partition coefficient (Wildman–Crippen LogP) is 1.22. The molecule has 0 aromatic carbocycles. The van der Waals surface area contributed by atoms with E-state index in [0.29, 0.717) is 0 Å². The molecule has 0 fully saturated rings. The summed E-state index contributed by atoms with van der Waals surface area (Å²) >= 11 is 0. The van der Waals surface area contributed by atoms with E-state index < -0.39 is 0 Å². The highest BCUT2D eigenvalue weighted by atomic mass is 16.5. The van der Waals surface area contributed by atoms with Gasteiger partial charge in [0.1, 0.15) is 0 Å². The minimum absolute atomic E-state index is 0.858. The number of nitrogens with zero attached hydrogens (tertiary/aromatic N) is 2. The molecule has 0 saturated heterocycles. The Morgan fingerprint density at radius 3 is 2.80 bits per heavy atom. The highest BCUT2D eigenvalue weighted by Crippen LogP contribution is 2.14. The van der Waals surface area contributed by atoms with Gasteiger partial charge in [-0.1, -0.05) is 0 Å². The molecule has 1 aromatic rings. The van der Waals surface area contributed by atoms with E-state index in [1.165, 1.54) is 0 Å². The first-order valence-corrected chi connectivity index (χ1v) is 3.36. The Labute approximate surface area is 60.6 Å². The van der Waals surface area contributed by atoms with Crippen molar-refractivity contribution >= 4 is 0 Å². The molecule has 56 valence electrons. The van der Waals surface area contributed by atoms with Crippen LogP contribution in [0.4, 0.5) is 0 Å². The molecule has 0 aliphatic carbocycles. The van der Waals surface area contributed by atoms with E-state index >= 15 is 0 Å². The number of rotatable bonds is 2. The average molecular weight is 140 g/mol. The van der Waals surface area contributed by atoms with Gasteiger partial charge in [0, 0.05) is 12.1 Å². The van der Waals surface area contributed by atoms with Gasteiger partial charge in [-0.25, -0.2) is 4.68 Å². The minimum Gasteiger partial charge on any atom is -0.481 e. The van der Waals surface area contributed by atoms with E-state index in [-0.39, 0.29) is 0 Å². The van der Waals surface area contributed by atoms with Crippen LogP contribution in [0.2, 0.25) is 0 Å². The fraction of sp³-hybridized carbons (Fsp3) is 0.571. The minimum atomic E-state index is 0.858. The number of aromatic nitrogens is 2. The molecule has 1 aromatic heterocycles. The van der Waals surface area contributed by atoms with Gasteiger partial charge in [-0.2, -0.15) is 5.10 Å². The summed E-state index contributed by atoms with van der Waals surface area (Å²) in [7, 11) is 1.66. The second kappa shape index (κ2) is 2.73. The van der Waals surface area contributed by atoms with Gasteiger partial charge in [-0.3, -0.25) is 0 Å². The number of methoxy groups -OCH3 is 1. The summed E-state index contributed by atoms with van der Waals surface area (Å²) < 4.78 is 6.94. The molecule has 0 radical (unpaired) electrons. The maximum absolute atomic E-state index is 5.11. The Morgan fingerprint density at radius 2 is 2.40 bits per heavy atom. The Hall–Kier alpha value is -0.990. The largest absolute Gasteiger partial charge is 0.481 e. The zero-order valence-corrected chi connectivity index (χ0v) is 6.59. The maximum Gasteiger partial charge on any atom is 0.214 e. The van der Waals surface area contributed by atoms with Crippen LogP contribution < -0.4 is 4.74 Å². The summed E-state index contributed by atoms with van der Waals surface area (Å²) in [6.07, 6.45) is 1.81. The van der Waals surface area contributed by atoms with Crippen molar-refractivity contribution < 1.29 is 4.74 Å². The lowest BCUT2D eigenvalue weighted by Gasteiger charge is -2.02. The molecule has 0 spiro atoms. The summed E-state index contributed by atoms with van der Waals surface area (Å²) in [6, 6.07) is 0. The third-order valence-electron chi connectivity index (χ3n) is 1.46. The van der Waals surface area contributed by atoms with E-state index in [9.17, 15) is 0 Å². The number of ether oxygens (including phenoxy) is 1. The molecule has 0 aliphatic rings. The smallest absolute Gasteiger partial charge is 0.214 e. The van der Waals surface area contributed by atoms with Crippen molar-refractivity contribution in [3.05, 3.63) is 11.8 Å². The standard InChI is InChI=1S/C7H12N2O/c1-4-9-7(10-3)6(2)5-8-9/h5H,4H2,1-3H3. The van der Waals surface area contributed by atoms with Gasteiger partial charge in [0.25, 0.3) is 0 Å². The first-order valence-electron chi connectivity index (χ1n) is 3.36. The lowest BCUT2D eigenvalue weighted by Crippen LogP contribution is -1.99. The second-order valence-electron chi connectivity index (χ2n) is 2.15. The summed E-state index contributed by atoms with van der Waals surface area (Å²) in [4.78, 5) is 0. The van der Waals surface area contributed by atoms with E-state index in [2.05, 4.69) is 5.10 Å². The van der Waals surface area contributed by atoms with Crippen LogP contribution >= 0.6 is 0 Å². The van der Waals surface area contributed by atoms with Crippen molar-refractivity contribution in [1.82, 2.24) is 9.78 Å². The summed E-state index contributed by atoms with van der Waals surface area (Å²) in [6.45, 7) is 4.88. The fourth-order valence-electron chi connectivity index (χ4n) is 0.959. The lowest BCUT2D eigenvalue weighted by molar-refractivity contribution is 0.361. The van der Waals surface area contributed by atoms with Crippen molar-refractivity contribution in [2.24, 2.45) is 0 Å². The third kappa shape index (κ3) is 0.988. The first-order chi connectivity index (χ1) is 4.79. The van der Waals surface area contributed by atoms with Crippen molar-refractivity contribution in [2.75, 3.05) is 7.11 Å². The molecule has 3 nitrogen and oxygen atoms in total. The molecule has 0 bridgehead atoms. The van der Waals surface area contributed by atoms with Crippen molar-refractivity contribution in [1.29, 1.82) is 0 Å². The van der Waals surface area contributed by atoms with Gasteiger partial charge in [0.15, 0.2) is 0 Å². The van der Waals surface area contributed by atoms with Crippen molar-refractivity contribution in [2.45, 2.75) is 20.4 Å². The number of hydrogen-bond acceptors (Lipinski definition) is 2. The lowest BCUT2D eigenvalue weighted by atomic mass is 10.4. The summed E-state index contributed by atoms with van der Waals surface area (Å²) in [5.74, 6) is 0.863. The molecule has 0 N–H and O–H groups in total. The first kappa shape index (κ1) is 7.12. The second-order valence-corrected chi connectivity index (χ2v) is 2.15. The molecule has 1 heterocycles. The molecule has 3 heteroatoms. The zero-order chi connectivity index (χ0) is 7.56. The normalized spacial score (nSPS) is 9.90. The molecule has 0 unspecified atom stereocenters. The van der Waals surface area contributed by atoms with E-state index in [4.69, 9.17) is 4.74 Å². The Morgan fingerprint density at radius 1 is 1.70 bits per heavy atom. The van der Waals surface area contributed by atoms with Crippen LogP contribution in [-0.4, -0.2) is 16.9 Å². The fourth-order valence-corrected chi connectivity index (χ4v) is 0.959. The van der Waals surface area contributed by atoms with Crippen LogP contribution in [0.1, 0.15) is 12.5 Å². The molecular formula is C7H12N2O. The Balaban J connectivity index is 3.01. The summed E-state index contributed by atoms with van der Waals surface area (Å²) in [5, 5.41) is 4.10. The van der Waals surface area contributed by atoms with Crippen molar-refractivity contribution in [3.8, 4) is 5.88 Å². The topological polar surface area (TPSA) is 27.1 Å². The maximum atomic E-state index is 5.11. The molecular weight excluding hydrogens is 128 g/mol. The molecule has 1 rings (SSSR count). The van der Waals surface area contributed by atoms with Crippen molar-refractivity contribution in [3.63, 3.8) is 0 Å². The SMILES string of the molecule is CCn1ncc(C)c1OC. The quantitative estimate of drug-likeness (QED) is 0.617. The molecule has 0 saturated carbocycles. The van der Waals surface area contributed by atoms with Gasteiger partial charge in [-0.05, 0) is 13.8 Å². The molecule has 0 atom stereocenters. The van der Waals surface area contributed by atoms with E-state index in [1.54, 1.807) is 7.11 Å². The Kier molecular flexibility index (Phi) is 1.94. The predicted molar refractivity (Wildman–Crippen MR) is 39.2 cm³/mol. The van der Waals surface area contributed by atoms with Gasteiger partial charge in [0.2, 0.25) is 5.88 Å². The molecule has 0 aliphatic heterocycles. The van der Waals surface area contributed by atoms with Gasteiger partial charge < -0.3 is 4.74 Å². The van der Waals surface area contributed by atoms with Crippen LogP contribution in [0.25, 0.3) is 0 Å². The van der Waals surface area contributed by atoms with Crippen LogP contribution in [0, 0.1) is 6.92 Å². The average Bonchev–Trinajstić information content (AvgIpc) is 2.30. The van der Waals surface area contributed by atoms with Crippen LogP contribution in [0.15, 0.2) is 6.20 Å². The third-order valence-corrected chi connectivity index (χ3v) is 1.46. The highest BCUT2D eigenvalue weighted by Gasteiger charge is 2.03.